The molecule has 0 aliphatic heterocycles. The van der Waals surface area contributed by atoms with Crippen LogP contribution in [-0.2, 0) is 13.1 Å². The molecule has 7 heteroatoms. The summed E-state index contributed by atoms with van der Waals surface area (Å²) in [5.74, 6) is -0.941. The fourth-order valence-electron chi connectivity index (χ4n) is 1.46. The van der Waals surface area contributed by atoms with Crippen LogP contribution in [0.2, 0.25) is 0 Å². The van der Waals surface area contributed by atoms with E-state index in [2.05, 4.69) is 26.2 Å². The van der Waals surface area contributed by atoms with Crippen molar-refractivity contribution < 1.29 is 9.18 Å². The number of carbonyl (C=O) groups is 1. The van der Waals surface area contributed by atoms with Crippen molar-refractivity contribution in [1.82, 2.24) is 15.0 Å². The molecule has 1 aromatic carbocycles. The third kappa shape index (κ3) is 2.62. The Balaban J connectivity index is 2.19. The van der Waals surface area contributed by atoms with E-state index in [-0.39, 0.29) is 28.9 Å². The van der Waals surface area contributed by atoms with E-state index < -0.39 is 5.82 Å². The van der Waals surface area contributed by atoms with E-state index in [1.807, 2.05) is 0 Å². The van der Waals surface area contributed by atoms with E-state index in [0.29, 0.717) is 5.69 Å². The highest BCUT2D eigenvalue weighted by molar-refractivity contribution is 9.10. The van der Waals surface area contributed by atoms with Crippen molar-refractivity contribution in [2.45, 2.75) is 13.1 Å². The number of hydrogen-bond donors (Lipinski definition) is 1. The molecule has 0 saturated carbocycles. The Hall–Kier alpha value is -1.60. The zero-order valence-electron chi connectivity index (χ0n) is 9.31. The largest absolute Gasteiger partial charge is 0.325 e. The molecule has 2 N–H and O–H groups in total. The van der Waals surface area contributed by atoms with Crippen LogP contribution in [0, 0.1) is 5.82 Å². The van der Waals surface area contributed by atoms with Gasteiger partial charge < -0.3 is 5.73 Å². The summed E-state index contributed by atoms with van der Waals surface area (Å²) >= 11 is 3.04. The van der Waals surface area contributed by atoms with Crippen LogP contribution in [0.3, 0.4) is 0 Å². The maximum Gasteiger partial charge on any atom is 0.187 e. The van der Waals surface area contributed by atoms with Crippen LogP contribution in [0.15, 0.2) is 28.9 Å². The van der Waals surface area contributed by atoms with Crippen molar-refractivity contribution in [2.24, 2.45) is 5.73 Å². The van der Waals surface area contributed by atoms with Crippen molar-refractivity contribution in [1.29, 1.82) is 0 Å². The van der Waals surface area contributed by atoms with Gasteiger partial charge in [0, 0.05) is 6.54 Å². The molecule has 5 nitrogen and oxygen atoms in total. The maximum atomic E-state index is 13.7. The number of carbonyl (C=O) groups excluding carboxylic acids is 1. The van der Waals surface area contributed by atoms with Gasteiger partial charge in [-0.1, -0.05) is 11.3 Å². The van der Waals surface area contributed by atoms with Gasteiger partial charge >= 0.3 is 0 Å². The third-order valence-electron chi connectivity index (χ3n) is 2.35. The molecule has 0 aliphatic carbocycles. The van der Waals surface area contributed by atoms with Gasteiger partial charge in [-0.25, -0.2) is 9.07 Å². The molecule has 2 rings (SSSR count). The summed E-state index contributed by atoms with van der Waals surface area (Å²) < 4.78 is 15.3. The molecule has 0 radical (unpaired) electrons. The number of hydrogen-bond acceptors (Lipinski definition) is 4. The molecule has 1 heterocycles. The summed E-state index contributed by atoms with van der Waals surface area (Å²) in [7, 11) is 0. The van der Waals surface area contributed by atoms with Crippen LogP contribution in [0.5, 0.6) is 0 Å². The Morgan fingerprint density at radius 3 is 2.94 bits per heavy atom. The summed E-state index contributed by atoms with van der Waals surface area (Å²) in [5, 5.41) is 7.49. The average molecular weight is 313 g/mol. The molecule has 0 atom stereocenters. The predicted octanol–water partition coefficient (Wildman–Crippen LogP) is 1.52. The third-order valence-corrected chi connectivity index (χ3v) is 2.97. The van der Waals surface area contributed by atoms with Gasteiger partial charge in [0.25, 0.3) is 0 Å². The molecule has 0 amide bonds. The lowest BCUT2D eigenvalue weighted by Crippen LogP contribution is -2.12. The lowest BCUT2D eigenvalue weighted by atomic mass is 10.1. The van der Waals surface area contributed by atoms with Gasteiger partial charge in [-0.15, -0.1) is 5.10 Å². The van der Waals surface area contributed by atoms with Gasteiger partial charge in [-0.2, -0.15) is 0 Å². The zero-order chi connectivity index (χ0) is 13.1. The van der Waals surface area contributed by atoms with Gasteiger partial charge in [0.1, 0.15) is 12.4 Å². The van der Waals surface area contributed by atoms with Gasteiger partial charge in [0.15, 0.2) is 5.78 Å². The number of nitrogens with two attached hydrogens (primary N) is 1. The van der Waals surface area contributed by atoms with Gasteiger partial charge in [0.2, 0.25) is 0 Å². The minimum Gasteiger partial charge on any atom is -0.325 e. The van der Waals surface area contributed by atoms with Crippen LogP contribution in [-0.4, -0.2) is 20.8 Å². The van der Waals surface area contributed by atoms with E-state index in [4.69, 9.17) is 5.73 Å². The van der Waals surface area contributed by atoms with Crippen molar-refractivity contribution in [2.75, 3.05) is 0 Å². The number of Topliss-reactive ketones (excluding diaryl/α,β-unsaturated/α-hetero) is 1. The first-order valence-corrected chi connectivity index (χ1v) is 5.97. The Morgan fingerprint density at radius 1 is 1.50 bits per heavy atom. The Labute approximate surface area is 111 Å². The van der Waals surface area contributed by atoms with E-state index in [1.54, 1.807) is 12.3 Å². The molecule has 1 aromatic heterocycles. The normalized spacial score (nSPS) is 10.6. The van der Waals surface area contributed by atoms with Crippen LogP contribution < -0.4 is 5.73 Å². The smallest absolute Gasteiger partial charge is 0.187 e. The highest BCUT2D eigenvalue weighted by Crippen LogP contribution is 2.19. The van der Waals surface area contributed by atoms with E-state index in [0.717, 1.165) is 0 Å². The summed E-state index contributed by atoms with van der Waals surface area (Å²) in [4.78, 5) is 11.9. The molecule has 0 fully saturated rings. The topological polar surface area (TPSA) is 73.8 Å². The van der Waals surface area contributed by atoms with E-state index >= 15 is 0 Å². The minimum atomic E-state index is -0.568. The number of rotatable bonds is 4. The summed E-state index contributed by atoms with van der Waals surface area (Å²) in [6.45, 7) is 0.180. The van der Waals surface area contributed by atoms with E-state index in [1.165, 1.54) is 16.8 Å². The van der Waals surface area contributed by atoms with E-state index in [9.17, 15) is 9.18 Å². The second-order valence-electron chi connectivity index (χ2n) is 3.64. The lowest BCUT2D eigenvalue weighted by Gasteiger charge is -2.03. The number of benzene rings is 1. The molecule has 0 saturated heterocycles. The quantitative estimate of drug-likeness (QED) is 0.869. The molecule has 2 aromatic rings. The minimum absolute atomic E-state index is 0.0224. The summed E-state index contributed by atoms with van der Waals surface area (Å²) in [5.41, 5.74) is 5.99. The number of halogens is 2. The zero-order valence-corrected chi connectivity index (χ0v) is 10.9. The number of ketones is 1. The van der Waals surface area contributed by atoms with Gasteiger partial charge in [-0.05, 0) is 28.1 Å². The average Bonchev–Trinajstić information content (AvgIpc) is 2.80. The fourth-order valence-corrected chi connectivity index (χ4v) is 1.83. The SMILES string of the molecule is NCc1cn(CC(=O)c2cccc(Br)c2F)nn1. The van der Waals surface area contributed by atoms with Crippen LogP contribution >= 0.6 is 15.9 Å². The van der Waals surface area contributed by atoms with Crippen LogP contribution in [0.4, 0.5) is 4.39 Å². The first kappa shape index (κ1) is 12.8. The van der Waals surface area contributed by atoms with Crippen molar-refractivity contribution in [3.05, 3.63) is 45.9 Å². The van der Waals surface area contributed by atoms with Gasteiger partial charge in [-0.3, -0.25) is 4.79 Å². The summed E-state index contributed by atoms with van der Waals surface area (Å²) in [6, 6.07) is 4.57. The second-order valence-corrected chi connectivity index (χ2v) is 4.49. The van der Waals surface area contributed by atoms with Crippen LogP contribution in [0.1, 0.15) is 16.1 Å². The molecular formula is C11H10BrFN4O. The molecule has 0 spiro atoms. The van der Waals surface area contributed by atoms with Crippen molar-refractivity contribution in [3.8, 4) is 0 Å². The fraction of sp³-hybridized carbons (Fsp3) is 0.182. The highest BCUT2D eigenvalue weighted by atomic mass is 79.9. The number of nitrogens with zero attached hydrogens (tertiary/aromatic N) is 3. The monoisotopic (exact) mass is 312 g/mol. The highest BCUT2D eigenvalue weighted by Gasteiger charge is 2.14. The summed E-state index contributed by atoms with van der Waals surface area (Å²) in [6.07, 6.45) is 1.56. The standard InChI is InChI=1S/C11H10BrFN4O/c12-9-3-1-2-8(11(9)13)10(18)6-17-5-7(4-14)15-16-17/h1-3,5H,4,6,14H2. The molecular weight excluding hydrogens is 303 g/mol. The second kappa shape index (κ2) is 5.36. The first-order chi connectivity index (χ1) is 8.61. The molecule has 0 unspecified atom stereocenters. The molecule has 94 valence electrons. The van der Waals surface area contributed by atoms with Gasteiger partial charge in [0.05, 0.1) is 21.9 Å². The maximum absolute atomic E-state index is 13.7. The molecule has 18 heavy (non-hydrogen) atoms. The number of aromatic nitrogens is 3. The Kier molecular flexibility index (Phi) is 3.83. The lowest BCUT2D eigenvalue weighted by molar-refractivity contribution is 0.0963. The molecule has 0 aliphatic rings. The molecule has 0 bridgehead atoms. The Morgan fingerprint density at radius 2 is 2.28 bits per heavy atom. The van der Waals surface area contributed by atoms with Crippen molar-refractivity contribution >= 4 is 21.7 Å². The first-order valence-electron chi connectivity index (χ1n) is 5.18. The predicted molar refractivity (Wildman–Crippen MR) is 66.3 cm³/mol. The Bertz CT molecular complexity index is 584. The van der Waals surface area contributed by atoms with Crippen LogP contribution in [0.25, 0.3) is 0 Å². The van der Waals surface area contributed by atoms with Crippen molar-refractivity contribution in [3.63, 3.8) is 0 Å².